The van der Waals surface area contributed by atoms with E-state index in [1.165, 1.54) is 11.3 Å². The molecule has 1 saturated heterocycles. The van der Waals surface area contributed by atoms with Crippen molar-refractivity contribution in [2.45, 2.75) is 18.8 Å². The van der Waals surface area contributed by atoms with Crippen molar-refractivity contribution in [3.63, 3.8) is 0 Å². The van der Waals surface area contributed by atoms with Gasteiger partial charge in [-0.25, -0.2) is 0 Å². The quantitative estimate of drug-likeness (QED) is 0.798. The third-order valence-electron chi connectivity index (χ3n) is 4.83. The summed E-state index contributed by atoms with van der Waals surface area (Å²) in [5, 5.41) is 7.44. The van der Waals surface area contributed by atoms with Crippen LogP contribution in [0, 0.1) is 0 Å². The second-order valence-electron chi connectivity index (χ2n) is 6.34. The van der Waals surface area contributed by atoms with Crippen molar-refractivity contribution in [2.24, 2.45) is 0 Å². The number of rotatable bonds is 3. The molecule has 0 saturated carbocycles. The Balaban J connectivity index is 1.47. The summed E-state index contributed by atoms with van der Waals surface area (Å²) in [6.07, 6.45) is 5.42. The van der Waals surface area contributed by atoms with E-state index in [2.05, 4.69) is 27.3 Å². The highest BCUT2D eigenvalue weighted by Gasteiger charge is 2.27. The fourth-order valence-corrected chi connectivity index (χ4v) is 3.48. The molecule has 0 spiro atoms. The summed E-state index contributed by atoms with van der Waals surface area (Å²) in [6.45, 7) is 1.49. The molecule has 1 fully saturated rings. The van der Waals surface area contributed by atoms with Gasteiger partial charge in [-0.3, -0.25) is 14.9 Å². The van der Waals surface area contributed by atoms with E-state index in [9.17, 15) is 4.79 Å². The fourth-order valence-electron chi connectivity index (χ4n) is 3.48. The molecule has 0 aliphatic carbocycles. The number of aromatic amines is 1. The van der Waals surface area contributed by atoms with Crippen LogP contribution in [0.4, 0.5) is 0 Å². The van der Waals surface area contributed by atoms with Gasteiger partial charge in [0.25, 0.3) is 5.91 Å². The molecule has 5 nitrogen and oxygen atoms in total. The third kappa shape index (κ3) is 3.18. The summed E-state index contributed by atoms with van der Waals surface area (Å²) >= 11 is 0. The molecular weight excluding hydrogens is 312 g/mol. The van der Waals surface area contributed by atoms with Crippen molar-refractivity contribution >= 4 is 5.91 Å². The molecule has 0 radical (unpaired) electrons. The molecular formula is C20H20N4O. The molecule has 1 aromatic carbocycles. The van der Waals surface area contributed by atoms with Crippen molar-refractivity contribution < 1.29 is 4.79 Å². The SMILES string of the molecule is O=C(c1ccccn1)N1CCC(c2[nH]ncc2-c2ccccc2)CC1. The largest absolute Gasteiger partial charge is 0.337 e. The number of amides is 1. The minimum Gasteiger partial charge on any atom is -0.337 e. The van der Waals surface area contributed by atoms with Gasteiger partial charge in [0.2, 0.25) is 0 Å². The van der Waals surface area contributed by atoms with Crippen LogP contribution in [-0.4, -0.2) is 39.1 Å². The van der Waals surface area contributed by atoms with Gasteiger partial charge in [-0.2, -0.15) is 5.10 Å². The first-order chi connectivity index (χ1) is 12.3. The summed E-state index contributed by atoms with van der Waals surface area (Å²) in [5.74, 6) is 0.414. The molecule has 0 unspecified atom stereocenters. The zero-order valence-electron chi connectivity index (χ0n) is 13.9. The summed E-state index contributed by atoms with van der Waals surface area (Å²) in [7, 11) is 0. The lowest BCUT2D eigenvalue weighted by molar-refractivity contribution is 0.0706. The van der Waals surface area contributed by atoms with E-state index in [0.29, 0.717) is 11.6 Å². The Morgan fingerprint density at radius 1 is 1.04 bits per heavy atom. The average molecular weight is 332 g/mol. The van der Waals surface area contributed by atoms with Gasteiger partial charge in [0, 0.05) is 36.5 Å². The highest BCUT2D eigenvalue weighted by molar-refractivity contribution is 5.92. The maximum atomic E-state index is 12.5. The zero-order chi connectivity index (χ0) is 17.1. The standard InChI is InChI=1S/C20H20N4O/c25-20(18-8-4-5-11-21-18)24-12-9-16(10-13-24)19-17(14-22-23-19)15-6-2-1-3-7-15/h1-8,11,14,16H,9-10,12-13H2,(H,22,23). The van der Waals surface area contributed by atoms with Gasteiger partial charge in [-0.15, -0.1) is 0 Å². The Kier molecular flexibility index (Phi) is 4.29. The van der Waals surface area contributed by atoms with Gasteiger partial charge in [-0.1, -0.05) is 36.4 Å². The van der Waals surface area contributed by atoms with Gasteiger partial charge in [0.1, 0.15) is 5.69 Å². The van der Waals surface area contributed by atoms with Gasteiger partial charge >= 0.3 is 0 Å². The molecule has 0 atom stereocenters. The van der Waals surface area contributed by atoms with E-state index in [1.54, 1.807) is 12.3 Å². The highest BCUT2D eigenvalue weighted by Crippen LogP contribution is 2.33. The number of H-pyrrole nitrogens is 1. The lowest BCUT2D eigenvalue weighted by Crippen LogP contribution is -2.38. The maximum absolute atomic E-state index is 12.5. The van der Waals surface area contributed by atoms with E-state index in [1.807, 2.05) is 41.4 Å². The minimum absolute atomic E-state index is 0.0203. The van der Waals surface area contributed by atoms with Crippen molar-refractivity contribution in [1.82, 2.24) is 20.1 Å². The van der Waals surface area contributed by atoms with Gasteiger partial charge in [0.15, 0.2) is 0 Å². The fraction of sp³-hybridized carbons (Fsp3) is 0.250. The number of piperidine rings is 1. The normalized spacial score (nSPS) is 15.3. The van der Waals surface area contributed by atoms with Crippen molar-refractivity contribution in [2.75, 3.05) is 13.1 Å². The molecule has 0 bridgehead atoms. The Bertz CT molecular complexity index is 836. The van der Waals surface area contributed by atoms with Crippen LogP contribution in [0.25, 0.3) is 11.1 Å². The van der Waals surface area contributed by atoms with Crippen LogP contribution in [-0.2, 0) is 0 Å². The van der Waals surface area contributed by atoms with Gasteiger partial charge in [0.05, 0.1) is 6.20 Å². The first-order valence-electron chi connectivity index (χ1n) is 8.62. The predicted molar refractivity (Wildman–Crippen MR) is 96.1 cm³/mol. The number of carbonyl (C=O) groups excluding carboxylic acids is 1. The second-order valence-corrected chi connectivity index (χ2v) is 6.34. The van der Waals surface area contributed by atoms with Crippen LogP contribution in [0.15, 0.2) is 60.9 Å². The topological polar surface area (TPSA) is 61.9 Å². The van der Waals surface area contributed by atoms with Gasteiger partial charge < -0.3 is 4.90 Å². The van der Waals surface area contributed by atoms with Crippen LogP contribution in [0.5, 0.6) is 0 Å². The summed E-state index contributed by atoms with van der Waals surface area (Å²) in [5.41, 5.74) is 4.04. The molecule has 4 rings (SSSR count). The number of pyridine rings is 1. The Morgan fingerprint density at radius 3 is 2.52 bits per heavy atom. The van der Waals surface area contributed by atoms with Crippen LogP contribution in [0.2, 0.25) is 0 Å². The lowest BCUT2D eigenvalue weighted by Gasteiger charge is -2.31. The van der Waals surface area contributed by atoms with E-state index in [0.717, 1.165) is 31.5 Å². The number of hydrogen-bond acceptors (Lipinski definition) is 3. The predicted octanol–water partition coefficient (Wildman–Crippen LogP) is 3.49. The number of aromatic nitrogens is 3. The molecule has 1 aliphatic heterocycles. The van der Waals surface area contributed by atoms with E-state index < -0.39 is 0 Å². The van der Waals surface area contributed by atoms with Crippen molar-refractivity contribution in [3.8, 4) is 11.1 Å². The monoisotopic (exact) mass is 332 g/mol. The van der Waals surface area contributed by atoms with Crippen molar-refractivity contribution in [1.29, 1.82) is 0 Å². The number of hydrogen-bond donors (Lipinski definition) is 1. The third-order valence-corrected chi connectivity index (χ3v) is 4.83. The lowest BCUT2D eigenvalue weighted by atomic mass is 9.89. The molecule has 1 aliphatic rings. The molecule has 126 valence electrons. The van der Waals surface area contributed by atoms with Crippen LogP contribution < -0.4 is 0 Å². The number of likely N-dealkylation sites (tertiary alicyclic amines) is 1. The number of nitrogens with one attached hydrogen (secondary N) is 1. The van der Waals surface area contributed by atoms with E-state index in [4.69, 9.17) is 0 Å². The van der Waals surface area contributed by atoms with E-state index in [-0.39, 0.29) is 5.91 Å². The van der Waals surface area contributed by atoms with E-state index >= 15 is 0 Å². The smallest absolute Gasteiger partial charge is 0.272 e. The second kappa shape index (κ2) is 6.89. The minimum atomic E-state index is 0.0203. The number of nitrogens with zero attached hydrogens (tertiary/aromatic N) is 3. The molecule has 3 heterocycles. The Labute approximate surface area is 146 Å². The average Bonchev–Trinajstić information content (AvgIpc) is 3.19. The molecule has 1 N–H and O–H groups in total. The molecule has 1 amide bonds. The van der Waals surface area contributed by atoms with Crippen LogP contribution in [0.3, 0.4) is 0 Å². The summed E-state index contributed by atoms with van der Waals surface area (Å²) in [4.78, 5) is 18.6. The molecule has 25 heavy (non-hydrogen) atoms. The maximum Gasteiger partial charge on any atom is 0.272 e. The first-order valence-corrected chi connectivity index (χ1v) is 8.62. The Hall–Kier alpha value is -2.95. The van der Waals surface area contributed by atoms with Crippen LogP contribution >= 0.6 is 0 Å². The molecule has 3 aromatic rings. The number of benzene rings is 1. The zero-order valence-corrected chi connectivity index (χ0v) is 13.9. The van der Waals surface area contributed by atoms with Gasteiger partial charge in [-0.05, 0) is 30.5 Å². The highest BCUT2D eigenvalue weighted by atomic mass is 16.2. The Morgan fingerprint density at radius 2 is 1.80 bits per heavy atom. The summed E-state index contributed by atoms with van der Waals surface area (Å²) in [6, 6.07) is 15.8. The van der Waals surface area contributed by atoms with Crippen LogP contribution in [0.1, 0.15) is 34.9 Å². The van der Waals surface area contributed by atoms with Crippen molar-refractivity contribution in [3.05, 3.63) is 72.3 Å². The summed E-state index contributed by atoms with van der Waals surface area (Å²) < 4.78 is 0. The number of carbonyl (C=O) groups is 1. The first kappa shape index (κ1) is 15.6. The molecule has 5 heteroatoms. The molecule has 2 aromatic heterocycles.